The van der Waals surface area contributed by atoms with Crippen LogP contribution in [0.25, 0.3) is 11.0 Å². The highest BCUT2D eigenvalue weighted by atomic mass is 32.2. The second-order valence-electron chi connectivity index (χ2n) is 7.91. The van der Waals surface area contributed by atoms with Gasteiger partial charge in [-0.3, -0.25) is 4.79 Å². The number of aromatic nitrogens is 2. The Kier molecular flexibility index (Phi) is 5.81. The molecule has 6 rings (SSSR count). The molecular formula is C23H21N5O4S2. The molecule has 1 fully saturated rings. The van der Waals surface area contributed by atoms with Gasteiger partial charge in [0.1, 0.15) is 23.1 Å². The zero-order valence-electron chi connectivity index (χ0n) is 18.1. The summed E-state index contributed by atoms with van der Waals surface area (Å²) in [6.07, 6.45) is 2.13. The van der Waals surface area contributed by atoms with Crippen molar-refractivity contribution in [3.63, 3.8) is 0 Å². The number of morpholine rings is 1. The number of benzene rings is 1. The fourth-order valence-electron chi connectivity index (χ4n) is 4.05. The van der Waals surface area contributed by atoms with E-state index in [4.69, 9.17) is 13.6 Å². The molecule has 0 N–H and O–H groups in total. The number of rotatable bonds is 6. The van der Waals surface area contributed by atoms with E-state index in [0.717, 1.165) is 39.2 Å². The molecule has 0 radical (unpaired) electrons. The van der Waals surface area contributed by atoms with Crippen molar-refractivity contribution in [2.24, 2.45) is 5.10 Å². The number of nitrogens with zero attached hydrogens (tertiary/aromatic N) is 5. The fraction of sp³-hybridized carbons (Fsp3) is 0.304. The molecule has 0 bridgehead atoms. The molecule has 3 aromatic heterocycles. The van der Waals surface area contributed by atoms with E-state index in [1.54, 1.807) is 6.26 Å². The average molecular weight is 496 g/mol. The fourth-order valence-corrected chi connectivity index (χ4v) is 5.79. The topological polar surface area (TPSA) is 97.2 Å². The van der Waals surface area contributed by atoms with Crippen LogP contribution in [0.2, 0.25) is 0 Å². The normalized spacial score (nSPS) is 18.6. The molecule has 2 aliphatic rings. The summed E-state index contributed by atoms with van der Waals surface area (Å²) in [5.41, 5.74) is 1.52. The van der Waals surface area contributed by atoms with Crippen LogP contribution in [0, 0.1) is 0 Å². The number of carbonyl (C=O) groups excluding carboxylic acids is 1. The Morgan fingerprint density at radius 2 is 2.03 bits per heavy atom. The molecule has 34 heavy (non-hydrogen) atoms. The summed E-state index contributed by atoms with van der Waals surface area (Å²) in [6, 6.07) is 13.2. The first kappa shape index (κ1) is 21.4. The van der Waals surface area contributed by atoms with E-state index >= 15 is 0 Å². The second kappa shape index (κ2) is 9.24. The van der Waals surface area contributed by atoms with Crippen molar-refractivity contribution >= 4 is 50.8 Å². The van der Waals surface area contributed by atoms with Crippen LogP contribution in [-0.4, -0.2) is 58.9 Å². The van der Waals surface area contributed by atoms with Crippen LogP contribution in [0.5, 0.6) is 0 Å². The number of thioether (sulfide) groups is 1. The van der Waals surface area contributed by atoms with Crippen LogP contribution < -0.4 is 4.90 Å². The lowest BCUT2D eigenvalue weighted by molar-refractivity contribution is -0.130. The van der Waals surface area contributed by atoms with Gasteiger partial charge >= 0.3 is 0 Å². The largest absolute Gasteiger partial charge is 0.467 e. The Hall–Kier alpha value is -3.15. The third-order valence-corrected chi connectivity index (χ3v) is 7.85. The van der Waals surface area contributed by atoms with Crippen LogP contribution in [0.15, 0.2) is 67.0 Å². The highest BCUT2D eigenvalue weighted by molar-refractivity contribution is 8.01. The maximum atomic E-state index is 13.2. The molecule has 0 spiro atoms. The molecular weight excluding hydrogens is 474 g/mol. The predicted molar refractivity (Wildman–Crippen MR) is 129 cm³/mol. The molecule has 1 aromatic carbocycles. The standard InChI is InChI=1S/C23H21N5O4S2/c29-21(14-33-23-25-24-22(34-23)27-7-10-30-11-8-27)28-17(19-6-3-9-31-19)13-16(26-28)20-12-15-4-1-2-5-18(15)32-20/h1-6,9,12,17H,7-8,10-11,13-14H2. The van der Waals surface area contributed by atoms with Crippen molar-refractivity contribution in [3.8, 4) is 0 Å². The molecule has 4 aromatic rings. The Balaban J connectivity index is 1.19. The van der Waals surface area contributed by atoms with Crippen molar-refractivity contribution < 1.29 is 18.4 Å². The number of anilines is 1. The Labute approximate surface area is 203 Å². The first-order valence-electron chi connectivity index (χ1n) is 11.0. The Bertz CT molecular complexity index is 1290. The number of fused-ring (bicyclic) bond motifs is 1. The van der Waals surface area contributed by atoms with E-state index < -0.39 is 0 Å². The van der Waals surface area contributed by atoms with Gasteiger partial charge in [-0.15, -0.1) is 10.2 Å². The third-order valence-electron chi connectivity index (χ3n) is 5.74. The van der Waals surface area contributed by atoms with Gasteiger partial charge in [-0.1, -0.05) is 41.3 Å². The molecule has 2 aliphatic heterocycles. The van der Waals surface area contributed by atoms with E-state index in [9.17, 15) is 4.79 Å². The highest BCUT2D eigenvalue weighted by Gasteiger charge is 2.36. The molecule has 11 heteroatoms. The smallest absolute Gasteiger partial charge is 0.253 e. The number of ether oxygens (including phenoxy) is 1. The molecule has 174 valence electrons. The number of hydrogen-bond donors (Lipinski definition) is 0. The molecule has 1 saturated heterocycles. The number of hydrogen-bond acceptors (Lipinski definition) is 10. The van der Waals surface area contributed by atoms with E-state index in [1.165, 1.54) is 28.1 Å². The number of para-hydroxylation sites is 1. The summed E-state index contributed by atoms with van der Waals surface area (Å²) in [4.78, 5) is 15.4. The minimum Gasteiger partial charge on any atom is -0.467 e. The number of amides is 1. The number of furan rings is 2. The number of carbonyl (C=O) groups is 1. The van der Waals surface area contributed by atoms with E-state index in [2.05, 4.69) is 20.2 Å². The summed E-state index contributed by atoms with van der Waals surface area (Å²) in [5, 5.41) is 16.6. The molecule has 5 heterocycles. The SMILES string of the molecule is O=C(CSc1nnc(N2CCOCC2)s1)N1N=C(c2cc3ccccc3o2)CC1c1ccco1. The Morgan fingerprint density at radius 3 is 2.85 bits per heavy atom. The zero-order chi connectivity index (χ0) is 22.9. The van der Waals surface area contributed by atoms with E-state index in [1.807, 2.05) is 42.5 Å². The van der Waals surface area contributed by atoms with Crippen LogP contribution in [-0.2, 0) is 9.53 Å². The van der Waals surface area contributed by atoms with Crippen LogP contribution in [0.3, 0.4) is 0 Å². The van der Waals surface area contributed by atoms with Crippen molar-refractivity contribution in [3.05, 3.63) is 60.2 Å². The molecule has 1 unspecified atom stereocenters. The van der Waals surface area contributed by atoms with Gasteiger partial charge in [-0.05, 0) is 24.3 Å². The van der Waals surface area contributed by atoms with Gasteiger partial charge in [0.15, 0.2) is 10.1 Å². The van der Waals surface area contributed by atoms with Gasteiger partial charge in [0.2, 0.25) is 5.13 Å². The van der Waals surface area contributed by atoms with Gasteiger partial charge in [0.05, 0.1) is 25.2 Å². The monoisotopic (exact) mass is 495 g/mol. The summed E-state index contributed by atoms with van der Waals surface area (Å²) in [6.45, 7) is 2.98. The van der Waals surface area contributed by atoms with Crippen molar-refractivity contribution in [1.82, 2.24) is 15.2 Å². The number of hydrazone groups is 1. The quantitative estimate of drug-likeness (QED) is 0.368. The van der Waals surface area contributed by atoms with Crippen LogP contribution >= 0.6 is 23.1 Å². The van der Waals surface area contributed by atoms with Crippen LogP contribution in [0.1, 0.15) is 24.0 Å². The first-order chi connectivity index (χ1) is 16.7. The van der Waals surface area contributed by atoms with Crippen molar-refractivity contribution in [2.75, 3.05) is 37.0 Å². The predicted octanol–water partition coefficient (Wildman–Crippen LogP) is 4.18. The van der Waals surface area contributed by atoms with Gasteiger partial charge in [-0.25, -0.2) is 5.01 Å². The van der Waals surface area contributed by atoms with Crippen molar-refractivity contribution in [2.45, 2.75) is 16.8 Å². The van der Waals surface area contributed by atoms with E-state index in [-0.39, 0.29) is 17.7 Å². The zero-order valence-corrected chi connectivity index (χ0v) is 19.8. The summed E-state index contributed by atoms with van der Waals surface area (Å²) < 4.78 is 17.8. The van der Waals surface area contributed by atoms with Gasteiger partial charge in [-0.2, -0.15) is 5.10 Å². The molecule has 0 saturated carbocycles. The highest BCUT2D eigenvalue weighted by Crippen LogP contribution is 2.36. The third kappa shape index (κ3) is 4.22. The average Bonchev–Trinajstić information content (AvgIpc) is 3.68. The van der Waals surface area contributed by atoms with Gasteiger partial charge in [0.25, 0.3) is 5.91 Å². The van der Waals surface area contributed by atoms with E-state index in [0.29, 0.717) is 31.2 Å². The summed E-state index contributed by atoms with van der Waals surface area (Å²) in [7, 11) is 0. The van der Waals surface area contributed by atoms with Gasteiger partial charge < -0.3 is 18.5 Å². The molecule has 1 amide bonds. The second-order valence-corrected chi connectivity index (χ2v) is 10.1. The lowest BCUT2D eigenvalue weighted by Crippen LogP contribution is -2.36. The minimum atomic E-state index is -0.315. The van der Waals surface area contributed by atoms with Crippen molar-refractivity contribution in [1.29, 1.82) is 0 Å². The molecule has 9 nitrogen and oxygen atoms in total. The maximum absolute atomic E-state index is 13.2. The minimum absolute atomic E-state index is 0.124. The lowest BCUT2D eigenvalue weighted by atomic mass is 10.1. The maximum Gasteiger partial charge on any atom is 0.253 e. The summed E-state index contributed by atoms with van der Waals surface area (Å²) in [5.74, 6) is 1.44. The lowest BCUT2D eigenvalue weighted by Gasteiger charge is -2.25. The van der Waals surface area contributed by atoms with Crippen LogP contribution in [0.4, 0.5) is 5.13 Å². The Morgan fingerprint density at radius 1 is 1.15 bits per heavy atom. The summed E-state index contributed by atoms with van der Waals surface area (Å²) >= 11 is 2.87. The first-order valence-corrected chi connectivity index (χ1v) is 12.8. The molecule has 0 aliphatic carbocycles. The van der Waals surface area contributed by atoms with Gasteiger partial charge in [0, 0.05) is 24.9 Å². The molecule has 1 atom stereocenters.